The van der Waals surface area contributed by atoms with Gasteiger partial charge in [0.25, 0.3) is 0 Å². The molecule has 2 rings (SSSR count). The average Bonchev–Trinajstić information content (AvgIpc) is 2.80. The summed E-state index contributed by atoms with van der Waals surface area (Å²) in [6.07, 6.45) is 0. The molecule has 0 aliphatic rings. The van der Waals surface area contributed by atoms with E-state index < -0.39 is 5.97 Å². The highest BCUT2D eigenvalue weighted by Gasteiger charge is 2.16. The van der Waals surface area contributed by atoms with Crippen molar-refractivity contribution in [1.82, 2.24) is 20.3 Å². The molecule has 1 aromatic carbocycles. The Hall–Kier alpha value is -2.77. The van der Waals surface area contributed by atoms with E-state index in [1.165, 1.54) is 23.7 Å². The summed E-state index contributed by atoms with van der Waals surface area (Å²) in [7, 11) is 0. The van der Waals surface area contributed by atoms with Gasteiger partial charge in [0.1, 0.15) is 12.4 Å². The van der Waals surface area contributed by atoms with Crippen LogP contribution in [0.3, 0.4) is 0 Å². The number of carbonyl (C=O) groups is 2. The molecule has 2 N–H and O–H groups in total. The monoisotopic (exact) mass is 292 g/mol. The third-order valence-electron chi connectivity index (χ3n) is 2.88. The smallest absolute Gasteiger partial charge is 0.358 e. The van der Waals surface area contributed by atoms with E-state index in [1.54, 1.807) is 12.1 Å². The summed E-state index contributed by atoms with van der Waals surface area (Å²) in [5, 5.41) is 18.6. The first-order valence-corrected chi connectivity index (χ1v) is 6.12. The number of benzene rings is 1. The van der Waals surface area contributed by atoms with Gasteiger partial charge in [-0.25, -0.2) is 13.9 Å². The summed E-state index contributed by atoms with van der Waals surface area (Å²) in [6.45, 7) is 1.64. The zero-order valence-corrected chi connectivity index (χ0v) is 11.2. The van der Waals surface area contributed by atoms with Crippen LogP contribution in [0.1, 0.15) is 21.7 Å². The number of hydrogen-bond donors (Lipinski definition) is 2. The molecular formula is C13H13FN4O3. The molecule has 21 heavy (non-hydrogen) atoms. The molecular weight excluding hydrogens is 279 g/mol. The van der Waals surface area contributed by atoms with E-state index >= 15 is 0 Å². The van der Waals surface area contributed by atoms with Crippen molar-refractivity contribution in [2.75, 3.05) is 0 Å². The highest BCUT2D eigenvalue weighted by Crippen LogP contribution is 2.04. The van der Waals surface area contributed by atoms with Crippen LogP contribution in [0.15, 0.2) is 24.3 Å². The molecule has 1 heterocycles. The van der Waals surface area contributed by atoms with Gasteiger partial charge in [-0.15, -0.1) is 5.10 Å². The summed E-state index contributed by atoms with van der Waals surface area (Å²) in [6, 6.07) is 5.75. The number of nitrogens with zero attached hydrogens (tertiary/aromatic N) is 3. The van der Waals surface area contributed by atoms with Gasteiger partial charge in [-0.2, -0.15) is 0 Å². The van der Waals surface area contributed by atoms with Gasteiger partial charge in [-0.3, -0.25) is 4.79 Å². The number of amides is 1. The van der Waals surface area contributed by atoms with Gasteiger partial charge in [0.2, 0.25) is 5.91 Å². The predicted molar refractivity (Wildman–Crippen MR) is 70.0 cm³/mol. The van der Waals surface area contributed by atoms with Gasteiger partial charge < -0.3 is 10.4 Å². The second-order valence-electron chi connectivity index (χ2n) is 4.39. The highest BCUT2D eigenvalue weighted by atomic mass is 19.1. The quantitative estimate of drug-likeness (QED) is 0.847. The van der Waals surface area contributed by atoms with Crippen molar-refractivity contribution < 1.29 is 19.1 Å². The van der Waals surface area contributed by atoms with Crippen molar-refractivity contribution in [2.24, 2.45) is 0 Å². The minimum Gasteiger partial charge on any atom is -0.476 e. The number of carbonyl (C=O) groups excluding carboxylic acids is 1. The van der Waals surface area contributed by atoms with Crippen LogP contribution >= 0.6 is 0 Å². The van der Waals surface area contributed by atoms with E-state index in [0.717, 1.165) is 5.56 Å². The van der Waals surface area contributed by atoms with Crippen LogP contribution in [0.2, 0.25) is 0 Å². The molecule has 1 amide bonds. The lowest BCUT2D eigenvalue weighted by atomic mass is 10.2. The number of hydrogen-bond acceptors (Lipinski definition) is 4. The number of rotatable bonds is 5. The lowest BCUT2D eigenvalue weighted by Gasteiger charge is -2.06. The van der Waals surface area contributed by atoms with E-state index in [4.69, 9.17) is 5.11 Å². The van der Waals surface area contributed by atoms with Gasteiger partial charge in [-0.1, -0.05) is 17.3 Å². The molecule has 0 spiro atoms. The van der Waals surface area contributed by atoms with E-state index in [-0.39, 0.29) is 30.5 Å². The number of carboxylic acid groups (broad SMARTS) is 1. The minimum absolute atomic E-state index is 0.132. The summed E-state index contributed by atoms with van der Waals surface area (Å²) in [5.74, 6) is -1.88. The topological polar surface area (TPSA) is 97.1 Å². The Morgan fingerprint density at radius 2 is 2.00 bits per heavy atom. The van der Waals surface area contributed by atoms with Gasteiger partial charge >= 0.3 is 5.97 Å². The lowest BCUT2D eigenvalue weighted by Crippen LogP contribution is -2.28. The Labute approximate surface area is 119 Å². The van der Waals surface area contributed by atoms with Crippen LogP contribution in [0.4, 0.5) is 4.39 Å². The molecule has 0 saturated heterocycles. The molecule has 0 saturated carbocycles. The Balaban J connectivity index is 1.93. The maximum atomic E-state index is 12.7. The average molecular weight is 292 g/mol. The second kappa shape index (κ2) is 6.12. The molecule has 1 aromatic heterocycles. The first-order chi connectivity index (χ1) is 9.97. The number of halogens is 1. The van der Waals surface area contributed by atoms with Crippen molar-refractivity contribution in [3.63, 3.8) is 0 Å². The molecule has 0 atom stereocenters. The maximum Gasteiger partial charge on any atom is 0.358 e. The molecule has 0 unspecified atom stereocenters. The molecule has 0 bridgehead atoms. The second-order valence-corrected chi connectivity index (χ2v) is 4.39. The van der Waals surface area contributed by atoms with Crippen LogP contribution in [-0.4, -0.2) is 32.0 Å². The molecule has 8 heteroatoms. The van der Waals surface area contributed by atoms with Gasteiger partial charge in [0.05, 0.1) is 5.69 Å². The van der Waals surface area contributed by atoms with E-state index in [2.05, 4.69) is 15.6 Å². The highest BCUT2D eigenvalue weighted by molar-refractivity contribution is 5.86. The Morgan fingerprint density at radius 1 is 1.33 bits per heavy atom. The molecule has 0 aliphatic heterocycles. The van der Waals surface area contributed by atoms with Crippen LogP contribution in [-0.2, 0) is 17.9 Å². The third kappa shape index (κ3) is 3.62. The van der Waals surface area contributed by atoms with Crippen LogP contribution in [0.25, 0.3) is 0 Å². The van der Waals surface area contributed by atoms with Crippen molar-refractivity contribution in [2.45, 2.75) is 20.0 Å². The third-order valence-corrected chi connectivity index (χ3v) is 2.88. The number of aromatic carboxylic acids is 1. The fourth-order valence-corrected chi connectivity index (χ4v) is 1.70. The standard InChI is InChI=1S/C13H13FN4O3/c1-8-12(13(20)21)16-17-18(8)7-11(19)15-6-9-2-4-10(14)5-3-9/h2-5H,6-7H2,1H3,(H,15,19)(H,20,21). The summed E-state index contributed by atoms with van der Waals surface area (Å²) < 4.78 is 13.9. The molecule has 0 radical (unpaired) electrons. The minimum atomic E-state index is -1.19. The largest absolute Gasteiger partial charge is 0.476 e. The fraction of sp³-hybridized carbons (Fsp3) is 0.231. The molecule has 0 aliphatic carbocycles. The number of nitrogens with one attached hydrogen (secondary N) is 1. The normalized spacial score (nSPS) is 10.4. The van der Waals surface area contributed by atoms with Crippen molar-refractivity contribution in [3.8, 4) is 0 Å². The Bertz CT molecular complexity index is 667. The Morgan fingerprint density at radius 3 is 2.57 bits per heavy atom. The SMILES string of the molecule is Cc1c(C(=O)O)nnn1CC(=O)NCc1ccc(F)cc1. The van der Waals surface area contributed by atoms with Crippen LogP contribution in [0, 0.1) is 12.7 Å². The van der Waals surface area contributed by atoms with Crippen LogP contribution < -0.4 is 5.32 Å². The molecule has 0 fully saturated rings. The molecule has 110 valence electrons. The summed E-state index contributed by atoms with van der Waals surface area (Å²) in [5.41, 5.74) is 0.882. The van der Waals surface area contributed by atoms with Gasteiger partial charge in [0.15, 0.2) is 5.69 Å². The van der Waals surface area contributed by atoms with Crippen molar-refractivity contribution in [1.29, 1.82) is 0 Å². The zero-order chi connectivity index (χ0) is 15.4. The van der Waals surface area contributed by atoms with E-state index in [9.17, 15) is 14.0 Å². The lowest BCUT2D eigenvalue weighted by molar-refractivity contribution is -0.122. The summed E-state index contributed by atoms with van der Waals surface area (Å²) >= 11 is 0. The molecule has 7 nitrogen and oxygen atoms in total. The van der Waals surface area contributed by atoms with E-state index in [0.29, 0.717) is 5.69 Å². The molecule has 2 aromatic rings. The number of aromatic nitrogens is 3. The Kier molecular flexibility index (Phi) is 4.27. The summed E-state index contributed by atoms with van der Waals surface area (Å²) in [4.78, 5) is 22.6. The van der Waals surface area contributed by atoms with Crippen molar-refractivity contribution in [3.05, 3.63) is 47.0 Å². The van der Waals surface area contributed by atoms with Crippen molar-refractivity contribution >= 4 is 11.9 Å². The first-order valence-electron chi connectivity index (χ1n) is 6.12. The maximum absolute atomic E-state index is 12.7. The number of carboxylic acids is 1. The van der Waals surface area contributed by atoms with Gasteiger partial charge in [-0.05, 0) is 24.6 Å². The van der Waals surface area contributed by atoms with Crippen LogP contribution in [0.5, 0.6) is 0 Å². The zero-order valence-electron chi connectivity index (χ0n) is 11.2. The first kappa shape index (κ1) is 14.6. The fourth-order valence-electron chi connectivity index (χ4n) is 1.70. The predicted octanol–water partition coefficient (Wildman–Crippen LogP) is 0.740. The van der Waals surface area contributed by atoms with E-state index in [1.807, 2.05) is 0 Å². The van der Waals surface area contributed by atoms with Gasteiger partial charge in [0, 0.05) is 6.54 Å².